The molecule has 0 radical (unpaired) electrons. The molecule has 0 atom stereocenters. The van der Waals surface area contributed by atoms with Crippen LogP contribution >= 0.6 is 0 Å². The van der Waals surface area contributed by atoms with Crippen molar-refractivity contribution in [2.75, 3.05) is 31.1 Å². The van der Waals surface area contributed by atoms with Crippen LogP contribution in [0, 0.1) is 0 Å². The molecule has 0 unspecified atom stereocenters. The van der Waals surface area contributed by atoms with Crippen LogP contribution in [0.2, 0.25) is 0 Å². The lowest BCUT2D eigenvalue weighted by Gasteiger charge is -2.35. The number of aromatic nitrogens is 2. The van der Waals surface area contributed by atoms with E-state index >= 15 is 0 Å². The SMILES string of the molecule is Cn1ccc(CN2CCN(c3ccccn3)CC2)cc1=O. The van der Waals surface area contributed by atoms with Gasteiger partial charge >= 0.3 is 0 Å². The third kappa shape index (κ3) is 3.31. The fourth-order valence-electron chi connectivity index (χ4n) is 2.62. The van der Waals surface area contributed by atoms with Crippen LogP contribution in [0.15, 0.2) is 47.5 Å². The van der Waals surface area contributed by atoms with E-state index in [0.29, 0.717) is 0 Å². The number of hydrogen-bond acceptors (Lipinski definition) is 4. The minimum Gasteiger partial charge on any atom is -0.354 e. The number of pyridine rings is 2. The largest absolute Gasteiger partial charge is 0.354 e. The average Bonchev–Trinajstić information content (AvgIpc) is 2.53. The molecular formula is C16H20N4O. The molecule has 1 fully saturated rings. The summed E-state index contributed by atoms with van der Waals surface area (Å²) in [5.41, 5.74) is 1.14. The van der Waals surface area contributed by atoms with Crippen molar-refractivity contribution in [1.29, 1.82) is 0 Å². The van der Waals surface area contributed by atoms with Crippen molar-refractivity contribution in [1.82, 2.24) is 14.5 Å². The predicted molar refractivity (Wildman–Crippen MR) is 83.4 cm³/mol. The minimum absolute atomic E-state index is 0.0552. The van der Waals surface area contributed by atoms with Gasteiger partial charge < -0.3 is 9.47 Å². The van der Waals surface area contributed by atoms with Gasteiger partial charge in [-0.15, -0.1) is 0 Å². The molecule has 0 N–H and O–H groups in total. The van der Waals surface area contributed by atoms with Crippen molar-refractivity contribution in [3.05, 3.63) is 58.6 Å². The molecule has 2 aromatic rings. The molecule has 3 heterocycles. The van der Waals surface area contributed by atoms with E-state index in [1.165, 1.54) is 0 Å². The molecule has 2 aromatic heterocycles. The molecule has 0 amide bonds. The highest BCUT2D eigenvalue weighted by molar-refractivity contribution is 5.38. The van der Waals surface area contributed by atoms with E-state index in [-0.39, 0.29) is 5.56 Å². The van der Waals surface area contributed by atoms with Gasteiger partial charge in [0.2, 0.25) is 0 Å². The molecule has 0 bridgehead atoms. The summed E-state index contributed by atoms with van der Waals surface area (Å²) in [6.45, 7) is 4.77. The molecule has 21 heavy (non-hydrogen) atoms. The van der Waals surface area contributed by atoms with E-state index in [0.717, 1.165) is 44.1 Å². The standard InChI is InChI=1S/C16H20N4O/c1-18-7-5-14(12-16(18)21)13-19-8-10-20(11-9-19)15-4-2-3-6-17-15/h2-7,12H,8-11,13H2,1H3. The van der Waals surface area contributed by atoms with Crippen molar-refractivity contribution in [2.45, 2.75) is 6.54 Å². The molecule has 5 nitrogen and oxygen atoms in total. The van der Waals surface area contributed by atoms with Crippen LogP contribution in [0.1, 0.15) is 5.56 Å². The lowest BCUT2D eigenvalue weighted by Crippen LogP contribution is -2.46. The third-order valence-corrected chi connectivity index (χ3v) is 3.92. The molecule has 0 aliphatic carbocycles. The van der Waals surface area contributed by atoms with Crippen molar-refractivity contribution < 1.29 is 0 Å². The van der Waals surface area contributed by atoms with Gasteiger partial charge in [-0.3, -0.25) is 9.69 Å². The maximum absolute atomic E-state index is 11.6. The Kier molecular flexibility index (Phi) is 4.01. The van der Waals surface area contributed by atoms with Crippen molar-refractivity contribution in [2.24, 2.45) is 7.05 Å². The number of rotatable bonds is 3. The van der Waals surface area contributed by atoms with Crippen molar-refractivity contribution in [3.63, 3.8) is 0 Å². The van der Waals surface area contributed by atoms with Crippen LogP contribution in [0.4, 0.5) is 5.82 Å². The Hall–Kier alpha value is -2.14. The van der Waals surface area contributed by atoms with Gasteiger partial charge in [0.25, 0.3) is 5.56 Å². The van der Waals surface area contributed by atoms with E-state index in [1.54, 1.807) is 17.7 Å². The van der Waals surface area contributed by atoms with Gasteiger partial charge in [0.1, 0.15) is 5.82 Å². The normalized spacial score (nSPS) is 16.1. The van der Waals surface area contributed by atoms with E-state index in [2.05, 4.69) is 20.9 Å². The molecule has 1 aliphatic rings. The topological polar surface area (TPSA) is 41.4 Å². The molecule has 1 aliphatic heterocycles. The molecule has 0 aromatic carbocycles. The third-order valence-electron chi connectivity index (χ3n) is 3.92. The summed E-state index contributed by atoms with van der Waals surface area (Å²) >= 11 is 0. The highest BCUT2D eigenvalue weighted by atomic mass is 16.1. The minimum atomic E-state index is 0.0552. The van der Waals surface area contributed by atoms with Crippen molar-refractivity contribution >= 4 is 5.82 Å². The summed E-state index contributed by atoms with van der Waals surface area (Å²) in [6.07, 6.45) is 3.67. The van der Waals surface area contributed by atoms with E-state index in [1.807, 2.05) is 30.6 Å². The molecule has 0 spiro atoms. The van der Waals surface area contributed by atoms with Gasteiger partial charge in [-0.25, -0.2) is 4.98 Å². The summed E-state index contributed by atoms with van der Waals surface area (Å²) < 4.78 is 1.60. The van der Waals surface area contributed by atoms with Crippen molar-refractivity contribution in [3.8, 4) is 0 Å². The lowest BCUT2D eigenvalue weighted by atomic mass is 10.2. The summed E-state index contributed by atoms with van der Waals surface area (Å²) in [4.78, 5) is 20.7. The highest BCUT2D eigenvalue weighted by Crippen LogP contribution is 2.13. The van der Waals surface area contributed by atoms with Gasteiger partial charge in [0.15, 0.2) is 0 Å². The van der Waals surface area contributed by atoms with Gasteiger partial charge in [-0.05, 0) is 23.8 Å². The second kappa shape index (κ2) is 6.10. The fourth-order valence-corrected chi connectivity index (χ4v) is 2.62. The quantitative estimate of drug-likeness (QED) is 0.846. The first-order chi connectivity index (χ1) is 10.2. The summed E-state index contributed by atoms with van der Waals surface area (Å²) in [5.74, 6) is 1.05. The summed E-state index contributed by atoms with van der Waals surface area (Å²) in [6, 6.07) is 9.76. The maximum atomic E-state index is 11.6. The Bertz CT molecular complexity index is 645. The zero-order valence-electron chi connectivity index (χ0n) is 12.3. The second-order valence-electron chi connectivity index (χ2n) is 5.44. The molecular weight excluding hydrogens is 264 g/mol. The Morgan fingerprint density at radius 2 is 1.95 bits per heavy atom. The Balaban J connectivity index is 1.58. The van der Waals surface area contributed by atoms with Gasteiger partial charge in [0.05, 0.1) is 0 Å². The molecule has 5 heteroatoms. The van der Waals surface area contributed by atoms with Gasteiger partial charge in [-0.2, -0.15) is 0 Å². The smallest absolute Gasteiger partial charge is 0.250 e. The molecule has 110 valence electrons. The van der Waals surface area contributed by atoms with Crippen LogP contribution in [0.5, 0.6) is 0 Å². The first-order valence-electron chi connectivity index (χ1n) is 7.26. The summed E-state index contributed by atoms with van der Waals surface area (Å²) in [7, 11) is 1.78. The van der Waals surface area contributed by atoms with E-state index < -0.39 is 0 Å². The number of nitrogens with zero attached hydrogens (tertiary/aromatic N) is 4. The number of aryl methyl sites for hydroxylation is 1. The van der Waals surface area contributed by atoms with Crippen LogP contribution in [0.3, 0.4) is 0 Å². The summed E-state index contributed by atoms with van der Waals surface area (Å²) in [5, 5.41) is 0. The maximum Gasteiger partial charge on any atom is 0.250 e. The van der Waals surface area contributed by atoms with Crippen LogP contribution in [0.25, 0.3) is 0 Å². The lowest BCUT2D eigenvalue weighted by molar-refractivity contribution is 0.249. The Morgan fingerprint density at radius 1 is 1.14 bits per heavy atom. The fraction of sp³-hybridized carbons (Fsp3) is 0.375. The molecule has 1 saturated heterocycles. The van der Waals surface area contributed by atoms with Gasteiger partial charge in [0, 0.05) is 58.2 Å². The predicted octanol–water partition coefficient (Wildman–Crippen LogP) is 1.10. The van der Waals surface area contributed by atoms with Crippen LogP contribution in [-0.4, -0.2) is 40.6 Å². The monoisotopic (exact) mass is 284 g/mol. The zero-order chi connectivity index (χ0) is 14.7. The van der Waals surface area contributed by atoms with Crippen LogP contribution in [-0.2, 0) is 13.6 Å². The number of hydrogen-bond donors (Lipinski definition) is 0. The second-order valence-corrected chi connectivity index (χ2v) is 5.44. The van der Waals surface area contributed by atoms with E-state index in [9.17, 15) is 4.79 Å². The first-order valence-corrected chi connectivity index (χ1v) is 7.26. The zero-order valence-corrected chi connectivity index (χ0v) is 12.3. The van der Waals surface area contributed by atoms with Crippen LogP contribution < -0.4 is 10.5 Å². The first kappa shape index (κ1) is 13.8. The highest BCUT2D eigenvalue weighted by Gasteiger charge is 2.17. The molecule has 3 rings (SSSR count). The average molecular weight is 284 g/mol. The Labute approximate surface area is 124 Å². The number of anilines is 1. The molecule has 0 saturated carbocycles. The van der Waals surface area contributed by atoms with Gasteiger partial charge in [-0.1, -0.05) is 6.07 Å². The Morgan fingerprint density at radius 3 is 2.62 bits per heavy atom. The van der Waals surface area contributed by atoms with E-state index in [4.69, 9.17) is 0 Å². The number of piperazine rings is 1.